The Morgan fingerprint density at radius 2 is 1.86 bits per heavy atom. The number of carbonyl (C=O) groups is 1. The number of cyclic esters (lactones) is 1. The smallest absolute Gasteiger partial charge is 0.308 e. The van der Waals surface area contributed by atoms with Crippen molar-refractivity contribution < 1.29 is 23.4 Å². The summed E-state index contributed by atoms with van der Waals surface area (Å²) in [6.45, 7) is 21.1. The molecule has 0 aliphatic carbocycles. The maximum Gasteiger partial charge on any atom is 0.308 e. The van der Waals surface area contributed by atoms with Gasteiger partial charge < -0.3 is 18.6 Å². The van der Waals surface area contributed by atoms with Crippen LogP contribution in [0.25, 0.3) is 0 Å². The van der Waals surface area contributed by atoms with Gasteiger partial charge in [-0.3, -0.25) is 4.79 Å². The second-order valence-corrected chi connectivity index (χ2v) is 17.0. The molecule has 0 spiro atoms. The number of benzene rings is 1. The zero-order valence-electron chi connectivity index (χ0n) is 24.0. The second-order valence-electron chi connectivity index (χ2n) is 12.3. The van der Waals surface area contributed by atoms with Crippen LogP contribution in [-0.4, -0.2) is 38.2 Å². The van der Waals surface area contributed by atoms with E-state index in [9.17, 15) is 4.79 Å². The number of hydrogen-bond donors (Lipinski definition) is 0. The fourth-order valence-electron chi connectivity index (χ4n) is 4.72. The van der Waals surface area contributed by atoms with Gasteiger partial charge >= 0.3 is 5.97 Å². The Balaban J connectivity index is 1.97. The Labute approximate surface area is 225 Å². The van der Waals surface area contributed by atoms with E-state index in [-0.39, 0.29) is 35.6 Å². The van der Waals surface area contributed by atoms with Gasteiger partial charge in [0.15, 0.2) is 14.6 Å². The first kappa shape index (κ1) is 29.6. The molecule has 0 saturated carbocycles. The minimum atomic E-state index is -2.12. The van der Waals surface area contributed by atoms with Crippen LogP contribution in [0.15, 0.2) is 66.8 Å². The van der Waals surface area contributed by atoms with Crippen molar-refractivity contribution in [3.8, 4) is 0 Å². The van der Waals surface area contributed by atoms with E-state index in [4.69, 9.17) is 18.6 Å². The van der Waals surface area contributed by atoms with Crippen LogP contribution >= 0.6 is 0 Å². The van der Waals surface area contributed by atoms with Gasteiger partial charge in [-0.15, -0.1) is 0 Å². The molecule has 2 aliphatic heterocycles. The Morgan fingerprint density at radius 1 is 1.19 bits per heavy atom. The molecule has 1 aromatic carbocycles. The summed E-state index contributed by atoms with van der Waals surface area (Å²) in [5.41, 5.74) is 1.39. The van der Waals surface area contributed by atoms with E-state index >= 15 is 0 Å². The molecule has 0 bridgehead atoms. The number of carbonyl (C=O) groups excluding carboxylic acids is 1. The largest absolute Gasteiger partial charge is 0.457 e. The fourth-order valence-corrected chi connectivity index (χ4v) is 6.10. The van der Waals surface area contributed by atoms with E-state index in [1.54, 1.807) is 6.08 Å². The normalized spacial score (nSPS) is 33.0. The maximum absolute atomic E-state index is 13.2. The Morgan fingerprint density at radius 3 is 2.49 bits per heavy atom. The highest BCUT2D eigenvalue weighted by Crippen LogP contribution is 2.44. The van der Waals surface area contributed by atoms with Gasteiger partial charge in [-0.1, -0.05) is 88.9 Å². The van der Waals surface area contributed by atoms with Crippen LogP contribution in [0, 0.1) is 5.92 Å². The summed E-state index contributed by atoms with van der Waals surface area (Å²) in [4.78, 5) is 13.2. The fraction of sp³-hybridized carbons (Fsp3) is 0.581. The zero-order chi connectivity index (χ0) is 27.4. The number of hydrogen-bond acceptors (Lipinski definition) is 5. The third-order valence-corrected chi connectivity index (χ3v) is 12.6. The van der Waals surface area contributed by atoms with Crippen molar-refractivity contribution in [1.82, 2.24) is 0 Å². The summed E-state index contributed by atoms with van der Waals surface area (Å²) in [6.07, 6.45) is 8.05. The minimum Gasteiger partial charge on any atom is -0.457 e. The van der Waals surface area contributed by atoms with E-state index < -0.39 is 26.3 Å². The SMILES string of the molecule is C=C/C=C(\C)[C@H]1OC(=O)CC(O[Si](C)(C)C(C)(C)C)CC[C@@]2(C)O[C@@H](c3ccccc3)O[C@H]2/C=C/[C@@H]1C. The summed E-state index contributed by atoms with van der Waals surface area (Å²) < 4.78 is 25.9. The molecule has 0 amide bonds. The first-order valence-electron chi connectivity index (χ1n) is 13.5. The average molecular weight is 527 g/mol. The van der Waals surface area contributed by atoms with E-state index in [0.717, 1.165) is 11.1 Å². The van der Waals surface area contributed by atoms with E-state index in [1.165, 1.54) is 0 Å². The number of allylic oxidation sites excluding steroid dienone is 2. The van der Waals surface area contributed by atoms with Gasteiger partial charge in [-0.2, -0.15) is 0 Å². The molecule has 1 aromatic rings. The van der Waals surface area contributed by atoms with Crippen LogP contribution in [0.1, 0.15) is 72.7 Å². The monoisotopic (exact) mass is 526 g/mol. The van der Waals surface area contributed by atoms with Crippen molar-refractivity contribution in [2.75, 3.05) is 0 Å². The number of ether oxygens (including phenoxy) is 3. The zero-order valence-corrected chi connectivity index (χ0v) is 25.0. The molecule has 3 rings (SSSR count). The van der Waals surface area contributed by atoms with Gasteiger partial charge in [0.2, 0.25) is 0 Å². The van der Waals surface area contributed by atoms with Crippen LogP contribution in [0.3, 0.4) is 0 Å². The molecule has 0 radical (unpaired) electrons. The second kappa shape index (κ2) is 11.8. The van der Waals surface area contributed by atoms with Crippen LogP contribution in [0.4, 0.5) is 0 Å². The van der Waals surface area contributed by atoms with Crippen molar-refractivity contribution in [1.29, 1.82) is 0 Å². The summed E-state index contributed by atoms with van der Waals surface area (Å²) >= 11 is 0. The molecule has 204 valence electrons. The molecule has 1 unspecified atom stereocenters. The molecule has 0 aromatic heterocycles. The van der Waals surface area contributed by atoms with Crippen LogP contribution in [-0.2, 0) is 23.4 Å². The highest BCUT2D eigenvalue weighted by atomic mass is 28.4. The van der Waals surface area contributed by atoms with Gasteiger partial charge in [0.25, 0.3) is 0 Å². The standard InChI is InChI=1S/C31H46O5Si/c1-10-14-22(2)28-23(3)17-18-26-31(7,35-29(33-26)24-15-12-11-13-16-24)20-19-25(21-27(32)34-28)36-37(8,9)30(4,5)6/h10-18,23,25-26,28-29H,1,19-21H2,2-9H3/b18-17+,22-14+/t23-,25?,26-,28+,29-,31+/m0/s1. The van der Waals surface area contributed by atoms with E-state index in [1.807, 2.05) is 43.3 Å². The molecule has 2 aliphatic rings. The molecule has 0 N–H and O–H groups in total. The van der Waals surface area contributed by atoms with Gasteiger partial charge in [0, 0.05) is 11.5 Å². The maximum atomic E-state index is 13.2. The Hall–Kier alpha value is -1.99. The Bertz CT molecular complexity index is 993. The molecule has 5 nitrogen and oxygen atoms in total. The molecular formula is C31H46O5Si. The van der Waals surface area contributed by atoms with Gasteiger partial charge in [-0.05, 0) is 50.4 Å². The van der Waals surface area contributed by atoms with Crippen LogP contribution in [0.5, 0.6) is 0 Å². The first-order valence-corrected chi connectivity index (χ1v) is 16.4. The molecule has 37 heavy (non-hydrogen) atoms. The summed E-state index contributed by atoms with van der Waals surface area (Å²) in [6, 6.07) is 10.1. The minimum absolute atomic E-state index is 0.0292. The highest BCUT2D eigenvalue weighted by Gasteiger charge is 2.47. The number of rotatable bonds is 5. The lowest BCUT2D eigenvalue weighted by Gasteiger charge is -2.40. The van der Waals surface area contributed by atoms with Crippen LogP contribution in [0.2, 0.25) is 18.1 Å². The summed E-state index contributed by atoms with van der Waals surface area (Å²) in [5, 5.41) is 0.0292. The molecule has 1 saturated heterocycles. The Kier molecular flexibility index (Phi) is 9.44. The topological polar surface area (TPSA) is 54.0 Å². The molecule has 6 heteroatoms. The predicted octanol–water partition coefficient (Wildman–Crippen LogP) is 7.67. The van der Waals surface area contributed by atoms with Crippen LogP contribution < -0.4 is 0 Å². The van der Waals surface area contributed by atoms with Crippen molar-refractivity contribution >= 4 is 14.3 Å². The van der Waals surface area contributed by atoms with E-state index in [2.05, 4.69) is 66.4 Å². The number of esters is 1. The van der Waals surface area contributed by atoms with Gasteiger partial charge in [0.1, 0.15) is 12.2 Å². The first-order chi connectivity index (χ1) is 17.3. The lowest BCUT2D eigenvalue weighted by Crippen LogP contribution is -2.45. The molecule has 6 atom stereocenters. The van der Waals surface area contributed by atoms with Gasteiger partial charge in [0.05, 0.1) is 18.1 Å². The van der Waals surface area contributed by atoms with Crippen molar-refractivity contribution in [2.45, 2.75) is 109 Å². The van der Waals surface area contributed by atoms with Crippen molar-refractivity contribution in [3.05, 3.63) is 72.4 Å². The van der Waals surface area contributed by atoms with E-state index in [0.29, 0.717) is 12.8 Å². The van der Waals surface area contributed by atoms with Crippen molar-refractivity contribution in [2.24, 2.45) is 5.92 Å². The van der Waals surface area contributed by atoms with Crippen molar-refractivity contribution in [3.63, 3.8) is 0 Å². The summed E-state index contributed by atoms with van der Waals surface area (Å²) in [5.74, 6) is -0.290. The third-order valence-electron chi connectivity index (χ3n) is 8.10. The number of fused-ring (bicyclic) bond motifs is 1. The predicted molar refractivity (Wildman–Crippen MR) is 152 cm³/mol. The lowest BCUT2D eigenvalue weighted by molar-refractivity contribution is -0.151. The van der Waals surface area contributed by atoms with Gasteiger partial charge in [-0.25, -0.2) is 0 Å². The average Bonchev–Trinajstić information content (AvgIpc) is 3.15. The quantitative estimate of drug-likeness (QED) is 0.170. The lowest BCUT2D eigenvalue weighted by atomic mass is 9.89. The highest BCUT2D eigenvalue weighted by molar-refractivity contribution is 6.74. The third kappa shape index (κ3) is 7.32. The molecule has 2 heterocycles. The summed E-state index contributed by atoms with van der Waals surface area (Å²) in [7, 11) is -2.12. The molecular weight excluding hydrogens is 480 g/mol. The molecule has 1 fully saturated rings.